The molecule has 2 N–H and O–H groups in total. The van der Waals surface area contributed by atoms with E-state index < -0.39 is 0 Å². The van der Waals surface area contributed by atoms with Crippen molar-refractivity contribution in [3.05, 3.63) is 28.5 Å². The Morgan fingerprint density at radius 3 is 2.62 bits per heavy atom. The van der Waals surface area contributed by atoms with Crippen LogP contribution in [-0.2, 0) is 6.42 Å². The van der Waals surface area contributed by atoms with E-state index in [1.165, 1.54) is 0 Å². The molecule has 0 fully saturated rings. The third kappa shape index (κ3) is 3.44. The number of hydrogen-bond acceptors (Lipinski definition) is 2. The van der Waals surface area contributed by atoms with Gasteiger partial charge in [0.1, 0.15) is 0 Å². The molecular formula is C10H15BrN2. The lowest BCUT2D eigenvalue weighted by molar-refractivity contribution is 0.372. The van der Waals surface area contributed by atoms with Crippen molar-refractivity contribution in [3.8, 4) is 0 Å². The summed E-state index contributed by atoms with van der Waals surface area (Å²) in [7, 11) is 0. The van der Waals surface area contributed by atoms with Gasteiger partial charge >= 0.3 is 0 Å². The molecule has 0 aliphatic rings. The highest BCUT2D eigenvalue weighted by atomic mass is 79.9. The highest BCUT2D eigenvalue weighted by molar-refractivity contribution is 9.10. The Labute approximate surface area is 87.7 Å². The van der Waals surface area contributed by atoms with Crippen LogP contribution in [0.4, 0.5) is 0 Å². The quantitative estimate of drug-likeness (QED) is 0.885. The molecule has 0 radical (unpaired) electrons. The highest BCUT2D eigenvalue weighted by Crippen LogP contribution is 2.19. The Kier molecular flexibility index (Phi) is 3.45. The van der Waals surface area contributed by atoms with Gasteiger partial charge in [-0.2, -0.15) is 0 Å². The minimum atomic E-state index is 0.140. The summed E-state index contributed by atoms with van der Waals surface area (Å²) in [5.41, 5.74) is 6.88. The van der Waals surface area contributed by atoms with Crippen LogP contribution in [0.2, 0.25) is 0 Å². The number of pyridine rings is 1. The van der Waals surface area contributed by atoms with E-state index in [1.54, 1.807) is 0 Å². The SMILES string of the molecule is CC(C)(CN)Cc1ccc(Br)cn1. The van der Waals surface area contributed by atoms with Crippen molar-refractivity contribution in [2.75, 3.05) is 6.54 Å². The van der Waals surface area contributed by atoms with Gasteiger partial charge in [-0.15, -0.1) is 0 Å². The molecule has 0 saturated carbocycles. The summed E-state index contributed by atoms with van der Waals surface area (Å²) < 4.78 is 1.02. The Morgan fingerprint density at radius 2 is 2.15 bits per heavy atom. The van der Waals surface area contributed by atoms with Crippen LogP contribution in [0.5, 0.6) is 0 Å². The lowest BCUT2D eigenvalue weighted by Gasteiger charge is -2.21. The number of halogens is 1. The molecule has 1 aromatic rings. The monoisotopic (exact) mass is 242 g/mol. The van der Waals surface area contributed by atoms with Crippen molar-refractivity contribution in [2.24, 2.45) is 11.1 Å². The zero-order valence-electron chi connectivity index (χ0n) is 8.05. The summed E-state index contributed by atoms with van der Waals surface area (Å²) in [4.78, 5) is 4.31. The van der Waals surface area contributed by atoms with Crippen molar-refractivity contribution in [3.63, 3.8) is 0 Å². The summed E-state index contributed by atoms with van der Waals surface area (Å²) in [5.74, 6) is 0. The van der Waals surface area contributed by atoms with Gasteiger partial charge in [0, 0.05) is 16.4 Å². The molecule has 0 bridgehead atoms. The van der Waals surface area contributed by atoms with Gasteiger partial charge in [-0.05, 0) is 46.4 Å². The molecule has 0 amide bonds. The van der Waals surface area contributed by atoms with Crippen LogP contribution < -0.4 is 5.73 Å². The van der Waals surface area contributed by atoms with Crippen molar-refractivity contribution >= 4 is 15.9 Å². The smallest absolute Gasteiger partial charge is 0.0413 e. The van der Waals surface area contributed by atoms with E-state index in [0.717, 1.165) is 16.6 Å². The van der Waals surface area contributed by atoms with Crippen LogP contribution >= 0.6 is 15.9 Å². The second-order valence-corrected chi connectivity index (χ2v) is 4.93. The van der Waals surface area contributed by atoms with Crippen LogP contribution in [0.3, 0.4) is 0 Å². The van der Waals surface area contributed by atoms with Crippen LogP contribution in [-0.4, -0.2) is 11.5 Å². The first-order valence-electron chi connectivity index (χ1n) is 4.34. The van der Waals surface area contributed by atoms with Gasteiger partial charge in [-0.25, -0.2) is 0 Å². The first kappa shape index (κ1) is 10.7. The molecule has 1 heterocycles. The highest BCUT2D eigenvalue weighted by Gasteiger charge is 2.16. The lowest BCUT2D eigenvalue weighted by Crippen LogP contribution is -2.26. The van der Waals surface area contributed by atoms with Gasteiger partial charge < -0.3 is 5.73 Å². The summed E-state index contributed by atoms with van der Waals surface area (Å²) >= 11 is 3.35. The van der Waals surface area contributed by atoms with Gasteiger partial charge in [0.15, 0.2) is 0 Å². The van der Waals surface area contributed by atoms with Crippen molar-refractivity contribution in [2.45, 2.75) is 20.3 Å². The van der Waals surface area contributed by atoms with E-state index >= 15 is 0 Å². The summed E-state index contributed by atoms with van der Waals surface area (Å²) in [6.45, 7) is 4.98. The molecule has 2 nitrogen and oxygen atoms in total. The number of rotatable bonds is 3. The third-order valence-electron chi connectivity index (χ3n) is 2.00. The first-order chi connectivity index (χ1) is 6.03. The Hall–Kier alpha value is -0.410. The minimum absolute atomic E-state index is 0.140. The first-order valence-corrected chi connectivity index (χ1v) is 5.13. The largest absolute Gasteiger partial charge is 0.330 e. The fraction of sp³-hybridized carbons (Fsp3) is 0.500. The number of nitrogens with two attached hydrogens (primary N) is 1. The van der Waals surface area contributed by atoms with E-state index in [2.05, 4.69) is 34.8 Å². The molecule has 3 heteroatoms. The fourth-order valence-corrected chi connectivity index (χ4v) is 1.31. The van der Waals surface area contributed by atoms with E-state index in [9.17, 15) is 0 Å². The molecule has 1 rings (SSSR count). The van der Waals surface area contributed by atoms with E-state index in [4.69, 9.17) is 5.73 Å². The Balaban J connectivity index is 2.69. The lowest BCUT2D eigenvalue weighted by atomic mass is 9.88. The van der Waals surface area contributed by atoms with Crippen molar-refractivity contribution in [1.82, 2.24) is 4.98 Å². The van der Waals surface area contributed by atoms with Crippen LogP contribution in [0.25, 0.3) is 0 Å². The molecule has 13 heavy (non-hydrogen) atoms. The van der Waals surface area contributed by atoms with Gasteiger partial charge in [0.25, 0.3) is 0 Å². The molecular weight excluding hydrogens is 228 g/mol. The third-order valence-corrected chi connectivity index (χ3v) is 2.47. The van der Waals surface area contributed by atoms with Crippen molar-refractivity contribution < 1.29 is 0 Å². The predicted molar refractivity (Wildman–Crippen MR) is 58.5 cm³/mol. The second-order valence-electron chi connectivity index (χ2n) is 4.01. The molecule has 0 unspecified atom stereocenters. The van der Waals surface area contributed by atoms with E-state index in [-0.39, 0.29) is 5.41 Å². The van der Waals surface area contributed by atoms with Gasteiger partial charge in [-0.3, -0.25) is 4.98 Å². The van der Waals surface area contributed by atoms with Gasteiger partial charge in [-0.1, -0.05) is 13.8 Å². The number of nitrogens with zero attached hydrogens (tertiary/aromatic N) is 1. The van der Waals surface area contributed by atoms with Crippen LogP contribution in [0, 0.1) is 5.41 Å². The molecule has 1 aromatic heterocycles. The Bertz CT molecular complexity index is 267. The van der Waals surface area contributed by atoms with Gasteiger partial charge in [0.05, 0.1) is 0 Å². The number of hydrogen-bond donors (Lipinski definition) is 1. The summed E-state index contributed by atoms with van der Waals surface area (Å²) in [5, 5.41) is 0. The maximum atomic E-state index is 5.65. The second kappa shape index (κ2) is 4.20. The maximum absolute atomic E-state index is 5.65. The minimum Gasteiger partial charge on any atom is -0.330 e. The standard InChI is InChI=1S/C10H15BrN2/c1-10(2,7-12)5-9-4-3-8(11)6-13-9/h3-4,6H,5,7,12H2,1-2H3. The molecule has 0 aliphatic carbocycles. The van der Waals surface area contributed by atoms with Crippen molar-refractivity contribution in [1.29, 1.82) is 0 Å². The molecule has 72 valence electrons. The van der Waals surface area contributed by atoms with E-state index in [1.807, 2.05) is 18.3 Å². The predicted octanol–water partition coefficient (Wildman–Crippen LogP) is 2.37. The van der Waals surface area contributed by atoms with Crippen LogP contribution in [0.1, 0.15) is 19.5 Å². The maximum Gasteiger partial charge on any atom is 0.0413 e. The summed E-state index contributed by atoms with van der Waals surface area (Å²) in [6, 6.07) is 4.04. The molecule has 0 saturated heterocycles. The average molecular weight is 243 g/mol. The average Bonchev–Trinajstić information content (AvgIpc) is 2.09. The van der Waals surface area contributed by atoms with Crippen LogP contribution in [0.15, 0.2) is 22.8 Å². The van der Waals surface area contributed by atoms with Gasteiger partial charge in [0.2, 0.25) is 0 Å². The molecule has 0 aliphatic heterocycles. The molecule has 0 atom stereocenters. The normalized spacial score (nSPS) is 11.7. The van der Waals surface area contributed by atoms with E-state index in [0.29, 0.717) is 6.54 Å². The zero-order chi connectivity index (χ0) is 9.90. The zero-order valence-corrected chi connectivity index (χ0v) is 9.63. The number of aromatic nitrogens is 1. The Morgan fingerprint density at radius 1 is 1.46 bits per heavy atom. The fourth-order valence-electron chi connectivity index (χ4n) is 1.07. The topological polar surface area (TPSA) is 38.9 Å². The summed E-state index contributed by atoms with van der Waals surface area (Å²) in [6.07, 6.45) is 2.75. The molecule has 0 aromatic carbocycles. The molecule has 0 spiro atoms.